The molecule has 1 saturated heterocycles. The quantitative estimate of drug-likeness (QED) is 0.377. The molecule has 0 aliphatic carbocycles. The lowest BCUT2D eigenvalue weighted by molar-refractivity contribution is -0.137. The van der Waals surface area contributed by atoms with Crippen molar-refractivity contribution in [3.63, 3.8) is 0 Å². The number of alkyl halides is 3. The van der Waals surface area contributed by atoms with E-state index < -0.39 is 23.2 Å². The third-order valence-electron chi connectivity index (χ3n) is 5.10. The zero-order valence-corrected chi connectivity index (χ0v) is 18.9. The topological polar surface area (TPSA) is 83.4 Å². The van der Waals surface area contributed by atoms with Crippen molar-refractivity contribution >= 4 is 28.8 Å². The highest BCUT2D eigenvalue weighted by molar-refractivity contribution is 7.80. The predicted octanol–water partition coefficient (Wildman–Crippen LogP) is 5.14. The second-order valence-corrected chi connectivity index (χ2v) is 7.72. The zero-order valence-electron chi connectivity index (χ0n) is 18.1. The van der Waals surface area contributed by atoms with Crippen LogP contribution < -0.4 is 20.1 Å². The molecule has 0 spiro atoms. The van der Waals surface area contributed by atoms with Crippen molar-refractivity contribution in [1.82, 2.24) is 10.6 Å². The zero-order chi connectivity index (χ0) is 25.2. The highest BCUT2D eigenvalue weighted by atomic mass is 32.1. The molecule has 2 N–H and O–H groups in total. The number of benzene rings is 3. The summed E-state index contributed by atoms with van der Waals surface area (Å²) in [5.74, 6) is -0.155. The summed E-state index contributed by atoms with van der Waals surface area (Å²) in [5.41, 5.74) is 0.500. The summed E-state index contributed by atoms with van der Waals surface area (Å²) in [4.78, 5) is 12.5. The maximum absolute atomic E-state index is 13.3. The van der Waals surface area contributed by atoms with Gasteiger partial charge in [0.25, 0.3) is 5.91 Å². The summed E-state index contributed by atoms with van der Waals surface area (Å²) in [7, 11) is 1.39. The first-order chi connectivity index (χ1) is 16.7. The maximum Gasteiger partial charge on any atom is 0.417 e. The van der Waals surface area contributed by atoms with Crippen LogP contribution in [-0.4, -0.2) is 18.1 Å². The normalized spacial score (nSPS) is 14.6. The number of rotatable bonds is 5. The molecule has 0 atom stereocenters. The fourth-order valence-electron chi connectivity index (χ4n) is 3.56. The Morgan fingerprint density at radius 2 is 1.71 bits per heavy atom. The molecular weight excluding hydrogens is 479 g/mol. The lowest BCUT2D eigenvalue weighted by atomic mass is 9.95. The Hall–Kier alpha value is -4.36. The average molecular weight is 495 g/mol. The molecule has 4 rings (SSSR count). The summed E-state index contributed by atoms with van der Waals surface area (Å²) in [6, 6.07) is 18.5. The van der Waals surface area contributed by atoms with Crippen LogP contribution in [0.1, 0.15) is 22.3 Å². The second-order valence-electron chi connectivity index (χ2n) is 7.31. The Kier molecular flexibility index (Phi) is 6.44. The monoisotopic (exact) mass is 495 g/mol. The van der Waals surface area contributed by atoms with Gasteiger partial charge in [-0.3, -0.25) is 10.1 Å². The van der Waals surface area contributed by atoms with Gasteiger partial charge in [-0.1, -0.05) is 36.4 Å². The van der Waals surface area contributed by atoms with Crippen LogP contribution in [0.25, 0.3) is 5.57 Å². The average Bonchev–Trinajstić information content (AvgIpc) is 3.17. The summed E-state index contributed by atoms with van der Waals surface area (Å²) in [6.45, 7) is 0. The van der Waals surface area contributed by atoms with Crippen molar-refractivity contribution in [2.75, 3.05) is 7.11 Å². The number of nitriles is 1. The number of thiocarbonyl (C=S) groups is 1. The van der Waals surface area contributed by atoms with Gasteiger partial charge in [-0.2, -0.15) is 18.4 Å². The van der Waals surface area contributed by atoms with Crippen LogP contribution in [0.5, 0.6) is 17.2 Å². The lowest BCUT2D eigenvalue weighted by Gasteiger charge is -2.16. The van der Waals surface area contributed by atoms with Crippen LogP contribution >= 0.6 is 12.2 Å². The van der Waals surface area contributed by atoms with Gasteiger partial charge < -0.3 is 14.8 Å². The summed E-state index contributed by atoms with van der Waals surface area (Å²) >= 11 is 5.07. The fourth-order valence-corrected chi connectivity index (χ4v) is 3.75. The number of carbonyl (C=O) groups is 1. The van der Waals surface area contributed by atoms with Crippen molar-refractivity contribution in [3.8, 4) is 23.3 Å². The van der Waals surface area contributed by atoms with Gasteiger partial charge in [-0.15, -0.1) is 0 Å². The van der Waals surface area contributed by atoms with Crippen molar-refractivity contribution in [2.45, 2.75) is 6.18 Å². The molecule has 1 amide bonds. The van der Waals surface area contributed by atoms with E-state index in [1.807, 2.05) is 30.3 Å². The van der Waals surface area contributed by atoms with Gasteiger partial charge in [0.05, 0.1) is 24.3 Å². The number of carbonyl (C=O) groups excluding carboxylic acids is 1. The number of nitrogens with zero attached hydrogens (tertiary/aromatic N) is 1. The Morgan fingerprint density at radius 3 is 2.31 bits per heavy atom. The minimum Gasteiger partial charge on any atom is -0.493 e. The van der Waals surface area contributed by atoms with E-state index in [1.54, 1.807) is 12.1 Å². The van der Waals surface area contributed by atoms with Gasteiger partial charge in [-0.25, -0.2) is 0 Å². The molecular formula is C25H16F3N3O3S. The molecule has 0 saturated carbocycles. The Balaban J connectivity index is 1.77. The fraction of sp³-hybridized carbons (Fsp3) is 0.0800. The van der Waals surface area contributed by atoms with Gasteiger partial charge in [0.2, 0.25) is 0 Å². The molecule has 3 aromatic rings. The highest BCUT2D eigenvalue weighted by Gasteiger charge is 2.34. The lowest BCUT2D eigenvalue weighted by Crippen LogP contribution is -2.21. The minimum atomic E-state index is -4.72. The van der Waals surface area contributed by atoms with Crippen molar-refractivity contribution in [2.24, 2.45) is 0 Å². The van der Waals surface area contributed by atoms with E-state index in [2.05, 4.69) is 10.6 Å². The third kappa shape index (κ3) is 4.95. The van der Waals surface area contributed by atoms with Gasteiger partial charge >= 0.3 is 6.18 Å². The number of methoxy groups -OCH3 is 1. The molecule has 1 aliphatic rings. The van der Waals surface area contributed by atoms with Crippen molar-refractivity contribution in [1.29, 1.82) is 5.26 Å². The molecule has 10 heteroatoms. The third-order valence-corrected chi connectivity index (χ3v) is 5.31. The molecule has 35 heavy (non-hydrogen) atoms. The predicted molar refractivity (Wildman–Crippen MR) is 126 cm³/mol. The number of nitrogens with one attached hydrogen (secondary N) is 2. The first kappa shape index (κ1) is 23.8. The van der Waals surface area contributed by atoms with Gasteiger partial charge in [0, 0.05) is 5.57 Å². The van der Waals surface area contributed by atoms with E-state index in [9.17, 15) is 18.0 Å². The molecule has 1 fully saturated rings. The molecule has 1 heterocycles. The summed E-state index contributed by atoms with van der Waals surface area (Å²) < 4.78 is 51.1. The van der Waals surface area contributed by atoms with E-state index >= 15 is 0 Å². The second kappa shape index (κ2) is 9.48. The smallest absolute Gasteiger partial charge is 0.417 e. The minimum absolute atomic E-state index is 0.119. The first-order valence-electron chi connectivity index (χ1n) is 10.1. The molecule has 3 aromatic carbocycles. The van der Waals surface area contributed by atoms with E-state index in [-0.39, 0.29) is 28.1 Å². The van der Waals surface area contributed by atoms with Crippen LogP contribution in [0.4, 0.5) is 13.2 Å². The standard InChI is InChI=1S/C25H16F3N3O3S/c1-33-20-11-15(21(14-5-3-2-4-6-14)22-23(32)31-24(35)30-22)8-10-19(20)34-17-9-7-16(13-29)18(12-17)25(26,27)28/h2-12H,1H3,(H2,30,31,32,35). The summed E-state index contributed by atoms with van der Waals surface area (Å²) in [6.07, 6.45) is -4.72. The highest BCUT2D eigenvalue weighted by Crippen LogP contribution is 2.39. The van der Waals surface area contributed by atoms with E-state index in [0.29, 0.717) is 11.1 Å². The molecule has 0 aromatic heterocycles. The van der Waals surface area contributed by atoms with E-state index in [1.165, 1.54) is 25.3 Å². The van der Waals surface area contributed by atoms with Crippen LogP contribution in [0.15, 0.2) is 72.4 Å². The van der Waals surface area contributed by atoms with E-state index in [0.717, 1.165) is 17.7 Å². The number of hydrogen-bond acceptors (Lipinski definition) is 5. The molecule has 176 valence electrons. The van der Waals surface area contributed by atoms with Crippen LogP contribution in [0.2, 0.25) is 0 Å². The molecule has 0 unspecified atom stereocenters. The Morgan fingerprint density at radius 1 is 0.971 bits per heavy atom. The molecule has 0 bridgehead atoms. The van der Waals surface area contributed by atoms with Gasteiger partial charge in [-0.05, 0) is 53.7 Å². The number of hydrogen-bond donors (Lipinski definition) is 2. The van der Waals surface area contributed by atoms with Crippen LogP contribution in [0.3, 0.4) is 0 Å². The van der Waals surface area contributed by atoms with Gasteiger partial charge in [0.15, 0.2) is 16.6 Å². The first-order valence-corrected chi connectivity index (χ1v) is 10.5. The summed E-state index contributed by atoms with van der Waals surface area (Å²) in [5, 5.41) is 14.6. The molecule has 1 aliphatic heterocycles. The number of amides is 1. The van der Waals surface area contributed by atoms with Crippen LogP contribution in [-0.2, 0) is 11.0 Å². The largest absolute Gasteiger partial charge is 0.493 e. The Labute approximate surface area is 203 Å². The Bertz CT molecular complexity index is 1400. The van der Waals surface area contributed by atoms with Gasteiger partial charge in [0.1, 0.15) is 11.4 Å². The van der Waals surface area contributed by atoms with Crippen molar-refractivity contribution < 1.29 is 27.4 Å². The van der Waals surface area contributed by atoms with Crippen molar-refractivity contribution in [3.05, 3.63) is 94.7 Å². The number of halogens is 3. The molecule has 6 nitrogen and oxygen atoms in total. The molecule has 0 radical (unpaired) electrons. The van der Waals surface area contributed by atoms with E-state index in [4.69, 9.17) is 27.0 Å². The SMILES string of the molecule is COc1cc(C(=C2NC(=S)NC2=O)c2ccccc2)ccc1Oc1ccc(C#N)c(C(F)(F)F)c1. The maximum atomic E-state index is 13.3. The number of ether oxygens (including phenoxy) is 2. The van der Waals surface area contributed by atoms with Crippen LogP contribution in [0, 0.1) is 11.3 Å².